The minimum Gasteiger partial charge on any atom is -0.277 e. The van der Waals surface area contributed by atoms with Gasteiger partial charge in [-0.15, -0.1) is 0 Å². The lowest BCUT2D eigenvalue weighted by Crippen LogP contribution is -2.18. The van der Waals surface area contributed by atoms with Crippen molar-refractivity contribution in [3.8, 4) is 5.69 Å². The van der Waals surface area contributed by atoms with Gasteiger partial charge in [0.15, 0.2) is 5.65 Å². The minimum absolute atomic E-state index is 0.0233. The third kappa shape index (κ3) is 5.05. The molecule has 2 heterocycles. The summed E-state index contributed by atoms with van der Waals surface area (Å²) in [7, 11) is -8.89. The number of nitrogens with one attached hydrogen (secondary N) is 1. The number of para-hydroxylation sites is 2. The first-order valence-electron chi connectivity index (χ1n) is 13.3. The van der Waals surface area contributed by atoms with E-state index >= 15 is 0 Å². The molecule has 0 aliphatic heterocycles. The predicted octanol–water partition coefficient (Wildman–Crippen LogP) is 6.04. The molecule has 44 heavy (non-hydrogen) atoms. The molecule has 0 fully saturated rings. The first-order valence-corrected chi connectivity index (χ1v) is 16.3. The Morgan fingerprint density at radius 1 is 0.727 bits per heavy atom. The van der Waals surface area contributed by atoms with E-state index in [1.165, 1.54) is 16.7 Å². The summed E-state index contributed by atoms with van der Waals surface area (Å²) >= 11 is 0. The van der Waals surface area contributed by atoms with E-state index < -0.39 is 24.8 Å². The zero-order valence-electron chi connectivity index (χ0n) is 23.7. The van der Waals surface area contributed by atoms with Crippen LogP contribution in [0.5, 0.6) is 0 Å². The highest BCUT2D eigenvalue weighted by Gasteiger charge is 2.34. The van der Waals surface area contributed by atoms with Crippen LogP contribution in [-0.2, 0) is 19.9 Å². The van der Waals surface area contributed by atoms with Crippen molar-refractivity contribution in [1.82, 2.24) is 14.5 Å². The Morgan fingerprint density at radius 3 is 1.89 bits per heavy atom. The van der Waals surface area contributed by atoms with Gasteiger partial charge in [0.2, 0.25) is 9.84 Å². The molecule has 4 aromatic carbocycles. The van der Waals surface area contributed by atoms with Gasteiger partial charge >= 0.3 is 0 Å². The number of nitro groups is 1. The number of aryl methyl sites for hydroxylation is 3. The molecule has 13 heteroatoms. The number of hydrogen-bond donors (Lipinski definition) is 1. The summed E-state index contributed by atoms with van der Waals surface area (Å²) in [5.74, 6) is -0.292. The van der Waals surface area contributed by atoms with Gasteiger partial charge in [-0.1, -0.05) is 35.9 Å². The Balaban J connectivity index is 1.73. The van der Waals surface area contributed by atoms with Crippen molar-refractivity contribution in [3.05, 3.63) is 118 Å². The van der Waals surface area contributed by atoms with Crippen LogP contribution in [0.15, 0.2) is 106 Å². The van der Waals surface area contributed by atoms with Crippen LogP contribution < -0.4 is 4.72 Å². The number of nitro benzene ring substituents is 1. The lowest BCUT2D eigenvalue weighted by Gasteiger charge is -2.15. The van der Waals surface area contributed by atoms with Gasteiger partial charge in [-0.3, -0.25) is 19.4 Å². The molecule has 6 rings (SSSR count). The summed E-state index contributed by atoms with van der Waals surface area (Å²) < 4.78 is 60.5. The fraction of sp³-hybridized carbons (Fsp3) is 0.0968. The summed E-state index contributed by atoms with van der Waals surface area (Å²) in [6.07, 6.45) is 0. The molecule has 0 aliphatic rings. The monoisotopic (exact) mass is 627 g/mol. The number of benzene rings is 4. The first kappa shape index (κ1) is 29.0. The van der Waals surface area contributed by atoms with E-state index in [1.807, 2.05) is 26.8 Å². The molecule has 0 bridgehead atoms. The second-order valence-corrected chi connectivity index (χ2v) is 14.0. The molecular formula is C31H25N5O6S2. The van der Waals surface area contributed by atoms with Crippen molar-refractivity contribution >= 4 is 53.6 Å². The van der Waals surface area contributed by atoms with Crippen LogP contribution in [0.1, 0.15) is 16.7 Å². The standard InChI is InChI=1S/C31H25N5O6S2/c1-19-8-12-24(13-9-19)43(39,40)29-28-30(33-27-7-5-4-6-26(27)32-28)35(23-17-20(2)16-21(3)18-23)31(29)34-44(41,42)25-14-10-22(11-15-25)36(37)38/h4-18,34H,1-3H3. The number of sulfone groups is 1. The summed E-state index contributed by atoms with van der Waals surface area (Å²) in [5, 5.41) is 11.2. The normalized spacial score (nSPS) is 12.1. The Labute approximate surface area is 253 Å². The minimum atomic E-state index is -4.49. The van der Waals surface area contributed by atoms with Gasteiger partial charge in [0.1, 0.15) is 16.2 Å². The van der Waals surface area contributed by atoms with E-state index in [9.17, 15) is 26.9 Å². The summed E-state index contributed by atoms with van der Waals surface area (Å²) in [6, 6.07) is 23.0. The molecular weight excluding hydrogens is 603 g/mol. The van der Waals surface area contributed by atoms with E-state index in [4.69, 9.17) is 9.97 Å². The second kappa shape index (κ2) is 10.5. The summed E-state index contributed by atoms with van der Waals surface area (Å²) in [6.45, 7) is 5.56. The topological polar surface area (TPSA) is 154 Å². The van der Waals surface area contributed by atoms with Crippen LogP contribution in [0.25, 0.3) is 27.9 Å². The van der Waals surface area contributed by atoms with Crippen LogP contribution in [0.4, 0.5) is 11.5 Å². The van der Waals surface area contributed by atoms with Crippen molar-refractivity contribution < 1.29 is 21.8 Å². The molecule has 0 unspecified atom stereocenters. The zero-order chi connectivity index (χ0) is 31.4. The zero-order valence-corrected chi connectivity index (χ0v) is 25.3. The Morgan fingerprint density at radius 2 is 1.30 bits per heavy atom. The van der Waals surface area contributed by atoms with Crippen molar-refractivity contribution in [2.24, 2.45) is 0 Å². The number of non-ortho nitro benzene ring substituents is 1. The molecule has 2 aromatic heterocycles. The first-order chi connectivity index (χ1) is 20.8. The molecule has 0 amide bonds. The Kier molecular flexibility index (Phi) is 6.94. The third-order valence-electron chi connectivity index (χ3n) is 7.07. The summed E-state index contributed by atoms with van der Waals surface area (Å²) in [5.41, 5.74) is 3.71. The fourth-order valence-electron chi connectivity index (χ4n) is 5.06. The molecule has 222 valence electrons. The average molecular weight is 628 g/mol. The van der Waals surface area contributed by atoms with Gasteiger partial charge in [-0.05, 0) is 80.4 Å². The molecule has 0 spiro atoms. The second-order valence-electron chi connectivity index (χ2n) is 10.4. The van der Waals surface area contributed by atoms with E-state index in [2.05, 4.69) is 4.72 Å². The average Bonchev–Trinajstić information content (AvgIpc) is 3.28. The summed E-state index contributed by atoms with van der Waals surface area (Å²) in [4.78, 5) is 19.3. The predicted molar refractivity (Wildman–Crippen MR) is 166 cm³/mol. The third-order valence-corrected chi connectivity index (χ3v) is 10.2. The number of hydrogen-bond acceptors (Lipinski definition) is 8. The van der Waals surface area contributed by atoms with E-state index in [0.29, 0.717) is 16.7 Å². The smallest absolute Gasteiger partial charge is 0.269 e. The fourth-order valence-corrected chi connectivity index (χ4v) is 7.71. The van der Waals surface area contributed by atoms with Gasteiger partial charge in [0, 0.05) is 17.8 Å². The van der Waals surface area contributed by atoms with Gasteiger partial charge in [0.05, 0.1) is 25.7 Å². The van der Waals surface area contributed by atoms with Crippen molar-refractivity contribution in [3.63, 3.8) is 0 Å². The molecule has 11 nitrogen and oxygen atoms in total. The molecule has 0 aliphatic carbocycles. The SMILES string of the molecule is Cc1ccc(S(=O)(=O)c2c(NS(=O)(=O)c3ccc([N+](=O)[O-])cc3)n(-c3cc(C)cc(C)c3)c3nc4ccccc4nc23)cc1. The number of nitrogens with zero attached hydrogens (tertiary/aromatic N) is 4. The van der Waals surface area contributed by atoms with E-state index in [0.717, 1.165) is 41.0 Å². The maximum Gasteiger partial charge on any atom is 0.269 e. The molecule has 0 atom stereocenters. The number of rotatable bonds is 7. The van der Waals surface area contributed by atoms with E-state index in [-0.39, 0.29) is 37.4 Å². The molecule has 1 N–H and O–H groups in total. The van der Waals surface area contributed by atoms with E-state index in [1.54, 1.807) is 48.5 Å². The maximum absolute atomic E-state index is 14.4. The van der Waals surface area contributed by atoms with Crippen LogP contribution in [0.2, 0.25) is 0 Å². The van der Waals surface area contributed by atoms with Crippen LogP contribution >= 0.6 is 0 Å². The van der Waals surface area contributed by atoms with Gasteiger partial charge in [-0.2, -0.15) is 0 Å². The highest BCUT2D eigenvalue weighted by atomic mass is 32.2. The highest BCUT2D eigenvalue weighted by molar-refractivity contribution is 7.93. The van der Waals surface area contributed by atoms with Gasteiger partial charge in [-0.25, -0.2) is 26.8 Å². The lowest BCUT2D eigenvalue weighted by molar-refractivity contribution is -0.384. The Bertz CT molecular complexity index is 2310. The lowest BCUT2D eigenvalue weighted by atomic mass is 10.1. The number of fused-ring (bicyclic) bond motifs is 2. The van der Waals surface area contributed by atoms with Gasteiger partial charge in [0.25, 0.3) is 15.7 Å². The van der Waals surface area contributed by atoms with Gasteiger partial charge < -0.3 is 0 Å². The number of anilines is 1. The van der Waals surface area contributed by atoms with Crippen LogP contribution in [0.3, 0.4) is 0 Å². The molecule has 0 saturated heterocycles. The molecule has 0 saturated carbocycles. The van der Waals surface area contributed by atoms with Crippen molar-refractivity contribution in [2.75, 3.05) is 4.72 Å². The quantitative estimate of drug-likeness (QED) is 0.166. The van der Waals surface area contributed by atoms with Crippen molar-refractivity contribution in [2.45, 2.75) is 35.5 Å². The highest BCUT2D eigenvalue weighted by Crippen LogP contribution is 2.40. The molecule has 6 aromatic rings. The largest absolute Gasteiger partial charge is 0.277 e. The number of aromatic nitrogens is 3. The molecule has 0 radical (unpaired) electrons. The maximum atomic E-state index is 14.4. The number of sulfonamides is 1. The van der Waals surface area contributed by atoms with Crippen molar-refractivity contribution in [1.29, 1.82) is 0 Å². The van der Waals surface area contributed by atoms with Crippen LogP contribution in [0, 0.1) is 30.9 Å². The Hall–Kier alpha value is -5.14. The van der Waals surface area contributed by atoms with Crippen LogP contribution in [-0.4, -0.2) is 36.3 Å².